The second-order valence-electron chi connectivity index (χ2n) is 5.55. The van der Waals surface area contributed by atoms with Gasteiger partial charge >= 0.3 is 0 Å². The van der Waals surface area contributed by atoms with Gasteiger partial charge in [-0.05, 0) is 31.4 Å². The minimum absolute atomic E-state index is 0.368. The van der Waals surface area contributed by atoms with Crippen molar-refractivity contribution in [2.24, 2.45) is 0 Å². The molecule has 2 aromatic rings. The lowest BCUT2D eigenvalue weighted by Gasteiger charge is -2.24. The molecule has 1 N–H and O–H groups in total. The van der Waals surface area contributed by atoms with Gasteiger partial charge in [0, 0.05) is 12.1 Å². The fourth-order valence-corrected chi connectivity index (χ4v) is 2.57. The second kappa shape index (κ2) is 7.25. The van der Waals surface area contributed by atoms with Gasteiger partial charge in [-0.3, -0.25) is 0 Å². The number of rotatable bonds is 6. The van der Waals surface area contributed by atoms with Crippen LogP contribution in [0, 0.1) is 6.92 Å². The minimum Gasteiger partial charge on any atom is -0.303 e. The molecule has 0 aromatic heterocycles. The fraction of sp³-hybridized carbons (Fsp3) is 0.368. The van der Waals surface area contributed by atoms with Gasteiger partial charge in [-0.25, -0.2) is 0 Å². The minimum atomic E-state index is 0.368. The Kier molecular flexibility index (Phi) is 5.37. The SMILES string of the molecule is CCCC(N[C@@H](C)c1ccc(C)cc1)c1ccccc1. The third-order valence-electron chi connectivity index (χ3n) is 3.81. The third kappa shape index (κ3) is 3.94. The Hall–Kier alpha value is -1.60. The number of benzene rings is 2. The van der Waals surface area contributed by atoms with Gasteiger partial charge in [0.15, 0.2) is 0 Å². The Balaban J connectivity index is 2.10. The topological polar surface area (TPSA) is 12.0 Å². The Labute approximate surface area is 123 Å². The van der Waals surface area contributed by atoms with Gasteiger partial charge < -0.3 is 5.32 Å². The first kappa shape index (κ1) is 14.8. The number of hydrogen-bond acceptors (Lipinski definition) is 1. The molecule has 0 heterocycles. The molecule has 2 rings (SSSR count). The number of hydrogen-bond donors (Lipinski definition) is 1. The predicted octanol–water partition coefficient (Wildman–Crippen LogP) is 5.19. The van der Waals surface area contributed by atoms with Crippen LogP contribution in [-0.2, 0) is 0 Å². The normalized spacial score (nSPS) is 13.9. The van der Waals surface area contributed by atoms with E-state index in [0.29, 0.717) is 12.1 Å². The maximum Gasteiger partial charge on any atom is 0.0325 e. The quantitative estimate of drug-likeness (QED) is 0.759. The lowest BCUT2D eigenvalue weighted by Crippen LogP contribution is -2.24. The summed E-state index contributed by atoms with van der Waals surface area (Å²) in [6.07, 6.45) is 2.35. The van der Waals surface area contributed by atoms with E-state index in [1.165, 1.54) is 29.5 Å². The summed E-state index contributed by atoms with van der Waals surface area (Å²) < 4.78 is 0. The van der Waals surface area contributed by atoms with Gasteiger partial charge in [0.05, 0.1) is 0 Å². The van der Waals surface area contributed by atoms with Crippen LogP contribution in [0.3, 0.4) is 0 Å². The van der Waals surface area contributed by atoms with Crippen LogP contribution in [0.15, 0.2) is 54.6 Å². The van der Waals surface area contributed by atoms with Crippen LogP contribution in [0.1, 0.15) is 55.5 Å². The summed E-state index contributed by atoms with van der Waals surface area (Å²) in [4.78, 5) is 0. The van der Waals surface area contributed by atoms with Gasteiger partial charge in [0.1, 0.15) is 0 Å². The van der Waals surface area contributed by atoms with Crippen LogP contribution in [0.25, 0.3) is 0 Å². The summed E-state index contributed by atoms with van der Waals surface area (Å²) in [5, 5.41) is 3.77. The van der Waals surface area contributed by atoms with Crippen molar-refractivity contribution in [3.63, 3.8) is 0 Å². The van der Waals surface area contributed by atoms with E-state index >= 15 is 0 Å². The molecular formula is C19H25N. The van der Waals surface area contributed by atoms with Crippen molar-refractivity contribution in [3.05, 3.63) is 71.3 Å². The monoisotopic (exact) mass is 267 g/mol. The van der Waals surface area contributed by atoms with Crippen LogP contribution in [-0.4, -0.2) is 0 Å². The maximum absolute atomic E-state index is 3.77. The van der Waals surface area contributed by atoms with E-state index in [4.69, 9.17) is 0 Å². The van der Waals surface area contributed by atoms with Gasteiger partial charge in [0.25, 0.3) is 0 Å². The molecule has 0 saturated heterocycles. The molecule has 0 aliphatic heterocycles. The molecule has 0 amide bonds. The first-order chi connectivity index (χ1) is 9.70. The molecule has 1 unspecified atom stereocenters. The average molecular weight is 267 g/mol. The highest BCUT2D eigenvalue weighted by Crippen LogP contribution is 2.23. The molecule has 0 fully saturated rings. The van der Waals surface area contributed by atoms with Crippen LogP contribution >= 0.6 is 0 Å². The highest BCUT2D eigenvalue weighted by molar-refractivity contribution is 5.25. The molecule has 1 heteroatoms. The zero-order valence-corrected chi connectivity index (χ0v) is 12.8. The van der Waals surface area contributed by atoms with Gasteiger partial charge in [-0.1, -0.05) is 73.5 Å². The molecule has 0 bridgehead atoms. The summed E-state index contributed by atoms with van der Waals surface area (Å²) in [5.74, 6) is 0. The molecule has 0 aliphatic carbocycles. The fourth-order valence-electron chi connectivity index (χ4n) is 2.57. The first-order valence-electron chi connectivity index (χ1n) is 7.58. The van der Waals surface area contributed by atoms with Crippen LogP contribution in [0.2, 0.25) is 0 Å². The van der Waals surface area contributed by atoms with E-state index < -0.39 is 0 Å². The van der Waals surface area contributed by atoms with Crippen molar-refractivity contribution in [1.29, 1.82) is 0 Å². The van der Waals surface area contributed by atoms with Crippen molar-refractivity contribution < 1.29 is 0 Å². The second-order valence-corrected chi connectivity index (χ2v) is 5.55. The lowest BCUT2D eigenvalue weighted by molar-refractivity contribution is 0.439. The molecule has 0 spiro atoms. The zero-order chi connectivity index (χ0) is 14.4. The van der Waals surface area contributed by atoms with Crippen molar-refractivity contribution in [2.75, 3.05) is 0 Å². The van der Waals surface area contributed by atoms with Gasteiger partial charge in [-0.15, -0.1) is 0 Å². The van der Waals surface area contributed by atoms with Crippen LogP contribution in [0.5, 0.6) is 0 Å². The number of nitrogens with one attached hydrogen (secondary N) is 1. The summed E-state index contributed by atoms with van der Waals surface area (Å²) in [7, 11) is 0. The molecule has 0 saturated carbocycles. The number of aryl methyl sites for hydroxylation is 1. The molecule has 2 aromatic carbocycles. The highest BCUT2D eigenvalue weighted by atomic mass is 14.9. The largest absolute Gasteiger partial charge is 0.303 e. The summed E-state index contributed by atoms with van der Waals surface area (Å²) >= 11 is 0. The molecule has 106 valence electrons. The van der Waals surface area contributed by atoms with Crippen LogP contribution < -0.4 is 5.32 Å². The molecule has 1 nitrogen and oxygen atoms in total. The van der Waals surface area contributed by atoms with E-state index in [2.05, 4.69) is 80.7 Å². The maximum atomic E-state index is 3.77. The van der Waals surface area contributed by atoms with E-state index in [0.717, 1.165) is 0 Å². The predicted molar refractivity (Wildman–Crippen MR) is 86.8 cm³/mol. The summed E-state index contributed by atoms with van der Waals surface area (Å²) in [6, 6.07) is 20.4. The summed E-state index contributed by atoms with van der Waals surface area (Å²) in [5.41, 5.74) is 4.05. The molecule has 20 heavy (non-hydrogen) atoms. The molecule has 0 radical (unpaired) electrons. The Bertz CT molecular complexity index is 501. The smallest absolute Gasteiger partial charge is 0.0325 e. The van der Waals surface area contributed by atoms with Crippen molar-refractivity contribution >= 4 is 0 Å². The zero-order valence-electron chi connectivity index (χ0n) is 12.8. The Morgan fingerprint density at radius 1 is 0.900 bits per heavy atom. The van der Waals surface area contributed by atoms with Crippen molar-refractivity contribution in [3.8, 4) is 0 Å². The first-order valence-corrected chi connectivity index (χ1v) is 7.58. The third-order valence-corrected chi connectivity index (χ3v) is 3.81. The van der Waals surface area contributed by atoms with E-state index in [1.807, 2.05) is 0 Å². The molecule has 2 atom stereocenters. The van der Waals surface area contributed by atoms with E-state index in [9.17, 15) is 0 Å². The highest BCUT2D eigenvalue weighted by Gasteiger charge is 2.14. The van der Waals surface area contributed by atoms with Crippen molar-refractivity contribution in [2.45, 2.75) is 45.7 Å². The van der Waals surface area contributed by atoms with E-state index in [1.54, 1.807) is 0 Å². The Morgan fingerprint density at radius 2 is 1.55 bits per heavy atom. The Morgan fingerprint density at radius 3 is 2.15 bits per heavy atom. The standard InChI is InChI=1S/C19H25N/c1-4-8-19(18-9-6-5-7-10-18)20-16(3)17-13-11-15(2)12-14-17/h5-7,9-14,16,19-20H,4,8H2,1-3H3/t16-,19?/m0/s1. The molecular weight excluding hydrogens is 242 g/mol. The van der Waals surface area contributed by atoms with Gasteiger partial charge in [0.2, 0.25) is 0 Å². The van der Waals surface area contributed by atoms with Gasteiger partial charge in [-0.2, -0.15) is 0 Å². The van der Waals surface area contributed by atoms with Crippen molar-refractivity contribution in [1.82, 2.24) is 5.32 Å². The van der Waals surface area contributed by atoms with E-state index in [-0.39, 0.29) is 0 Å². The molecule has 0 aliphatic rings. The lowest BCUT2D eigenvalue weighted by atomic mass is 9.99. The summed E-state index contributed by atoms with van der Waals surface area (Å²) in [6.45, 7) is 6.62. The average Bonchev–Trinajstić information content (AvgIpc) is 2.48. The van der Waals surface area contributed by atoms with Crippen LogP contribution in [0.4, 0.5) is 0 Å².